The van der Waals surface area contributed by atoms with Crippen molar-refractivity contribution >= 4 is 29.9 Å². The Kier molecular flexibility index (Phi) is 7.66. The maximum absolute atomic E-state index is 12.6. The van der Waals surface area contributed by atoms with Crippen molar-refractivity contribution in [3.05, 3.63) is 29.8 Å². The number of carbonyl (C=O) groups excluding carboxylic acids is 2. The fourth-order valence-electron chi connectivity index (χ4n) is 3.19. The first kappa shape index (κ1) is 22.5. The molecule has 6 heteroatoms. The summed E-state index contributed by atoms with van der Waals surface area (Å²) in [6, 6.07) is 7.00. The Morgan fingerprint density at radius 2 is 1.85 bits per heavy atom. The minimum absolute atomic E-state index is 0. The molecule has 2 rings (SSSR count). The van der Waals surface area contributed by atoms with Gasteiger partial charge in [0, 0.05) is 22.3 Å². The SMILES string of the molecule is CCC(C)(C)NC(=O)c1ccc(NC(=O)C2CCCCC2(C)N)cc1.Cl. The number of hydrogen-bond acceptors (Lipinski definition) is 3. The van der Waals surface area contributed by atoms with E-state index in [1.54, 1.807) is 24.3 Å². The molecule has 26 heavy (non-hydrogen) atoms. The molecule has 2 amide bonds. The van der Waals surface area contributed by atoms with Crippen molar-refractivity contribution in [3.63, 3.8) is 0 Å². The van der Waals surface area contributed by atoms with Crippen LogP contribution >= 0.6 is 12.4 Å². The number of amides is 2. The van der Waals surface area contributed by atoms with Gasteiger partial charge in [0.1, 0.15) is 0 Å². The lowest BCUT2D eigenvalue weighted by Gasteiger charge is -2.37. The molecular weight excluding hydrogens is 350 g/mol. The molecule has 2 unspecified atom stereocenters. The zero-order valence-electron chi connectivity index (χ0n) is 16.2. The Bertz CT molecular complexity index is 626. The van der Waals surface area contributed by atoms with E-state index >= 15 is 0 Å². The topological polar surface area (TPSA) is 84.2 Å². The summed E-state index contributed by atoms with van der Waals surface area (Å²) < 4.78 is 0. The second-order valence-electron chi connectivity index (χ2n) is 8.06. The highest BCUT2D eigenvalue weighted by Gasteiger charge is 2.37. The van der Waals surface area contributed by atoms with Crippen LogP contribution in [0.4, 0.5) is 5.69 Å². The van der Waals surface area contributed by atoms with Crippen molar-refractivity contribution < 1.29 is 9.59 Å². The van der Waals surface area contributed by atoms with Crippen LogP contribution in [-0.2, 0) is 4.79 Å². The summed E-state index contributed by atoms with van der Waals surface area (Å²) in [5, 5.41) is 5.94. The molecule has 4 N–H and O–H groups in total. The molecule has 1 aromatic carbocycles. The van der Waals surface area contributed by atoms with Crippen LogP contribution in [0.1, 0.15) is 70.2 Å². The van der Waals surface area contributed by atoms with Gasteiger partial charge in [-0.1, -0.05) is 19.8 Å². The van der Waals surface area contributed by atoms with E-state index in [-0.39, 0.29) is 35.7 Å². The van der Waals surface area contributed by atoms with Gasteiger partial charge in [0.2, 0.25) is 5.91 Å². The van der Waals surface area contributed by atoms with Crippen molar-refractivity contribution in [1.82, 2.24) is 5.32 Å². The molecule has 0 heterocycles. The third kappa shape index (κ3) is 5.71. The Morgan fingerprint density at radius 3 is 2.38 bits per heavy atom. The zero-order valence-corrected chi connectivity index (χ0v) is 17.0. The molecule has 0 saturated heterocycles. The van der Waals surface area contributed by atoms with Crippen LogP contribution in [0.2, 0.25) is 0 Å². The maximum Gasteiger partial charge on any atom is 0.251 e. The molecular formula is C20H32ClN3O2. The van der Waals surface area contributed by atoms with E-state index in [9.17, 15) is 9.59 Å². The average Bonchev–Trinajstić information content (AvgIpc) is 2.54. The van der Waals surface area contributed by atoms with Crippen molar-refractivity contribution in [2.75, 3.05) is 5.32 Å². The van der Waals surface area contributed by atoms with Crippen LogP contribution < -0.4 is 16.4 Å². The Hall–Kier alpha value is -1.59. The summed E-state index contributed by atoms with van der Waals surface area (Å²) >= 11 is 0. The first-order valence-corrected chi connectivity index (χ1v) is 9.17. The lowest BCUT2D eigenvalue weighted by molar-refractivity contribution is -0.122. The van der Waals surface area contributed by atoms with E-state index in [0.29, 0.717) is 11.3 Å². The number of carbonyl (C=O) groups is 2. The van der Waals surface area contributed by atoms with E-state index in [0.717, 1.165) is 32.1 Å². The Morgan fingerprint density at radius 1 is 1.23 bits per heavy atom. The first-order valence-electron chi connectivity index (χ1n) is 9.17. The quantitative estimate of drug-likeness (QED) is 0.723. The molecule has 0 bridgehead atoms. The van der Waals surface area contributed by atoms with Gasteiger partial charge in [-0.25, -0.2) is 0 Å². The van der Waals surface area contributed by atoms with E-state index in [1.807, 2.05) is 27.7 Å². The molecule has 0 spiro atoms. The van der Waals surface area contributed by atoms with Crippen molar-refractivity contribution in [2.24, 2.45) is 11.7 Å². The molecule has 0 radical (unpaired) electrons. The smallest absolute Gasteiger partial charge is 0.251 e. The van der Waals surface area contributed by atoms with Crippen LogP contribution in [-0.4, -0.2) is 22.9 Å². The molecule has 1 aliphatic carbocycles. The van der Waals surface area contributed by atoms with Crippen LogP contribution in [0.15, 0.2) is 24.3 Å². The highest BCUT2D eigenvalue weighted by molar-refractivity contribution is 5.96. The van der Waals surface area contributed by atoms with Gasteiger partial charge < -0.3 is 16.4 Å². The first-order chi connectivity index (χ1) is 11.6. The summed E-state index contributed by atoms with van der Waals surface area (Å²) in [7, 11) is 0. The largest absolute Gasteiger partial charge is 0.347 e. The summed E-state index contributed by atoms with van der Waals surface area (Å²) in [5.74, 6) is -0.310. The van der Waals surface area contributed by atoms with Gasteiger partial charge in [0.05, 0.1) is 5.92 Å². The fourth-order valence-corrected chi connectivity index (χ4v) is 3.19. The third-order valence-corrected chi connectivity index (χ3v) is 5.32. The van der Waals surface area contributed by atoms with Gasteiger partial charge in [-0.3, -0.25) is 9.59 Å². The summed E-state index contributed by atoms with van der Waals surface area (Å²) in [6.45, 7) is 7.98. The monoisotopic (exact) mass is 381 g/mol. The average molecular weight is 382 g/mol. The molecule has 2 atom stereocenters. The summed E-state index contributed by atoms with van der Waals surface area (Å²) in [6.07, 6.45) is 4.67. The highest BCUT2D eigenvalue weighted by Crippen LogP contribution is 2.32. The predicted molar refractivity (Wildman–Crippen MR) is 109 cm³/mol. The van der Waals surface area contributed by atoms with E-state index in [2.05, 4.69) is 10.6 Å². The summed E-state index contributed by atoms with van der Waals surface area (Å²) in [5.41, 5.74) is 6.88. The number of rotatable bonds is 5. The lowest BCUT2D eigenvalue weighted by Crippen LogP contribution is -2.51. The molecule has 0 aromatic heterocycles. The van der Waals surface area contributed by atoms with Crippen LogP contribution in [0.25, 0.3) is 0 Å². The number of nitrogens with one attached hydrogen (secondary N) is 2. The van der Waals surface area contributed by atoms with Crippen LogP contribution in [0, 0.1) is 5.92 Å². The van der Waals surface area contributed by atoms with Crippen LogP contribution in [0.3, 0.4) is 0 Å². The number of benzene rings is 1. The van der Waals surface area contributed by atoms with E-state index in [4.69, 9.17) is 5.73 Å². The zero-order chi connectivity index (χ0) is 18.7. The molecule has 5 nitrogen and oxygen atoms in total. The second kappa shape index (κ2) is 8.87. The number of nitrogens with two attached hydrogens (primary N) is 1. The minimum Gasteiger partial charge on any atom is -0.347 e. The van der Waals surface area contributed by atoms with Gasteiger partial charge in [-0.2, -0.15) is 0 Å². The van der Waals surface area contributed by atoms with Crippen molar-refractivity contribution in [1.29, 1.82) is 0 Å². The maximum atomic E-state index is 12.6. The molecule has 146 valence electrons. The summed E-state index contributed by atoms with van der Waals surface area (Å²) in [4.78, 5) is 24.8. The molecule has 1 fully saturated rings. The second-order valence-corrected chi connectivity index (χ2v) is 8.06. The van der Waals surface area contributed by atoms with Crippen molar-refractivity contribution in [2.45, 2.75) is 70.9 Å². The van der Waals surface area contributed by atoms with Crippen molar-refractivity contribution in [3.8, 4) is 0 Å². The highest BCUT2D eigenvalue weighted by atomic mass is 35.5. The molecule has 0 aliphatic heterocycles. The fraction of sp³-hybridized carbons (Fsp3) is 0.600. The molecule has 1 aromatic rings. The lowest BCUT2D eigenvalue weighted by atomic mass is 9.74. The Balaban J connectivity index is 0.00000338. The third-order valence-electron chi connectivity index (χ3n) is 5.32. The predicted octanol–water partition coefficient (Wildman–Crippen LogP) is 3.87. The van der Waals surface area contributed by atoms with Crippen LogP contribution in [0.5, 0.6) is 0 Å². The van der Waals surface area contributed by atoms with E-state index < -0.39 is 5.54 Å². The van der Waals surface area contributed by atoms with Gasteiger partial charge in [0.25, 0.3) is 5.91 Å². The van der Waals surface area contributed by atoms with E-state index in [1.165, 1.54) is 0 Å². The minimum atomic E-state index is -0.451. The van der Waals surface area contributed by atoms with Gasteiger partial charge in [-0.15, -0.1) is 12.4 Å². The number of anilines is 1. The normalized spacial score (nSPS) is 22.9. The molecule has 1 aliphatic rings. The van der Waals surface area contributed by atoms with Gasteiger partial charge in [-0.05, 0) is 64.3 Å². The van der Waals surface area contributed by atoms with Gasteiger partial charge in [0.15, 0.2) is 0 Å². The Labute approximate surface area is 162 Å². The standard InChI is InChI=1S/C20H31N3O2.ClH/c1-5-19(2,3)23-17(24)14-9-11-15(12-10-14)22-18(25)16-8-6-7-13-20(16,4)21;/h9-12,16H,5-8,13,21H2,1-4H3,(H,22,25)(H,23,24);1H. The van der Waals surface area contributed by atoms with Gasteiger partial charge >= 0.3 is 0 Å². The number of hydrogen-bond donors (Lipinski definition) is 3. The number of halogens is 1. The molecule has 1 saturated carbocycles.